The van der Waals surface area contributed by atoms with Crippen molar-refractivity contribution < 1.29 is 9.59 Å². The van der Waals surface area contributed by atoms with Gasteiger partial charge in [0.25, 0.3) is 5.91 Å². The van der Waals surface area contributed by atoms with E-state index in [2.05, 4.69) is 35.9 Å². The van der Waals surface area contributed by atoms with Crippen molar-refractivity contribution in [2.24, 2.45) is 5.73 Å². The molecule has 2 aliphatic rings. The van der Waals surface area contributed by atoms with Crippen LogP contribution in [0.5, 0.6) is 0 Å². The first-order valence-electron chi connectivity index (χ1n) is 10.1. The molecule has 7 nitrogen and oxygen atoms in total. The number of fused-ring (bicyclic) bond motifs is 1. The van der Waals surface area contributed by atoms with Crippen molar-refractivity contribution in [2.45, 2.75) is 44.6 Å². The minimum absolute atomic E-state index is 0.0363. The molecule has 2 aromatic rings. The molecule has 1 saturated heterocycles. The fourth-order valence-electron chi connectivity index (χ4n) is 4.01. The molecule has 0 spiro atoms. The van der Waals surface area contributed by atoms with Crippen molar-refractivity contribution in [3.63, 3.8) is 0 Å². The summed E-state index contributed by atoms with van der Waals surface area (Å²) in [4.78, 5) is 24.5. The van der Waals surface area contributed by atoms with Crippen molar-refractivity contribution in [3.8, 4) is 0 Å². The average molecular weight is 396 g/mol. The average Bonchev–Trinajstić information content (AvgIpc) is 3.15. The number of anilines is 1. The maximum atomic E-state index is 11.6. The summed E-state index contributed by atoms with van der Waals surface area (Å²) in [5.41, 5.74) is 14.4. The number of carbonyl (C=O) groups is 2. The van der Waals surface area contributed by atoms with Crippen LogP contribution in [0.15, 0.2) is 43.1 Å². The Morgan fingerprint density at radius 2 is 1.79 bits per heavy atom. The Labute approximate surface area is 171 Å². The molecule has 1 aromatic heterocycles. The molecule has 0 saturated carbocycles. The number of aryl methyl sites for hydroxylation is 2. The Morgan fingerprint density at radius 3 is 2.34 bits per heavy atom. The third-order valence-corrected chi connectivity index (χ3v) is 5.59. The number of likely N-dealkylation sites (tertiary alicyclic amines) is 1. The van der Waals surface area contributed by atoms with Crippen LogP contribution in [0.1, 0.15) is 53.2 Å². The predicted molar refractivity (Wildman–Crippen MR) is 113 cm³/mol. The van der Waals surface area contributed by atoms with Crippen LogP contribution in [-0.4, -0.2) is 39.6 Å². The Kier molecular flexibility index (Phi) is 6.69. The van der Waals surface area contributed by atoms with Crippen molar-refractivity contribution in [1.29, 1.82) is 0 Å². The van der Waals surface area contributed by atoms with Crippen LogP contribution < -0.4 is 11.5 Å². The molecule has 4 N–H and O–H groups in total. The van der Waals surface area contributed by atoms with Gasteiger partial charge in [-0.3, -0.25) is 9.59 Å². The Morgan fingerprint density at radius 1 is 1.14 bits per heavy atom. The molecule has 1 aromatic carbocycles. The minimum Gasteiger partial charge on any atom is -0.383 e. The molecular formula is C22H29N5O2. The first-order chi connectivity index (χ1) is 14.0. The van der Waals surface area contributed by atoms with E-state index in [1.807, 2.05) is 0 Å². The highest BCUT2D eigenvalue weighted by atomic mass is 16.2. The predicted octanol–water partition coefficient (Wildman–Crippen LogP) is 2.48. The standard InChI is InChI=1S/C12H17N5O2.C10H12/c1-2-10(18)16-5-3-4-8(7-16)17-11(13)9(6-15-17)12(14)19;1-2-6-10-8-4-3-7-9(10)5-1/h2,6,8H,1,3-5,7,13H2,(H2,14,19);1-2,5-6H,3-4,7-8H2. The maximum absolute atomic E-state index is 11.6. The molecule has 1 atom stereocenters. The van der Waals surface area contributed by atoms with Gasteiger partial charge in [-0.25, -0.2) is 4.68 Å². The van der Waals surface area contributed by atoms with Crippen LogP contribution >= 0.6 is 0 Å². The second-order valence-corrected chi connectivity index (χ2v) is 7.51. The van der Waals surface area contributed by atoms with Gasteiger partial charge < -0.3 is 16.4 Å². The summed E-state index contributed by atoms with van der Waals surface area (Å²) >= 11 is 0. The molecule has 4 rings (SSSR count). The highest BCUT2D eigenvalue weighted by Crippen LogP contribution is 2.25. The van der Waals surface area contributed by atoms with Crippen molar-refractivity contribution in [2.75, 3.05) is 18.8 Å². The number of amides is 2. The van der Waals surface area contributed by atoms with E-state index in [0.717, 1.165) is 12.8 Å². The third kappa shape index (κ3) is 4.85. The number of primary amides is 1. The summed E-state index contributed by atoms with van der Waals surface area (Å²) in [6.07, 6.45) is 9.75. The van der Waals surface area contributed by atoms with Crippen LogP contribution in [0.2, 0.25) is 0 Å². The van der Waals surface area contributed by atoms with Crippen LogP contribution in [-0.2, 0) is 17.6 Å². The summed E-state index contributed by atoms with van der Waals surface area (Å²) in [7, 11) is 0. The van der Waals surface area contributed by atoms with E-state index >= 15 is 0 Å². The molecule has 1 aliphatic heterocycles. The van der Waals surface area contributed by atoms with Gasteiger partial charge >= 0.3 is 0 Å². The van der Waals surface area contributed by atoms with Gasteiger partial charge in [-0.1, -0.05) is 30.8 Å². The minimum atomic E-state index is -0.599. The number of hydrogen-bond donors (Lipinski definition) is 2. The van der Waals surface area contributed by atoms with Gasteiger partial charge in [0, 0.05) is 13.1 Å². The van der Waals surface area contributed by atoms with E-state index < -0.39 is 5.91 Å². The Bertz CT molecular complexity index is 864. The quantitative estimate of drug-likeness (QED) is 0.779. The number of nitrogens with zero attached hydrogens (tertiary/aromatic N) is 3. The number of benzene rings is 1. The molecule has 1 fully saturated rings. The Hall–Kier alpha value is -3.09. The van der Waals surface area contributed by atoms with Gasteiger partial charge in [0.05, 0.1) is 12.2 Å². The molecule has 0 radical (unpaired) electrons. The van der Waals surface area contributed by atoms with Crippen LogP contribution in [0.25, 0.3) is 0 Å². The van der Waals surface area contributed by atoms with E-state index in [1.165, 1.54) is 38.0 Å². The molecular weight excluding hydrogens is 366 g/mol. The zero-order valence-corrected chi connectivity index (χ0v) is 16.7. The highest BCUT2D eigenvalue weighted by molar-refractivity contribution is 5.97. The summed E-state index contributed by atoms with van der Waals surface area (Å²) in [6.45, 7) is 4.69. The molecule has 1 unspecified atom stereocenters. The molecule has 0 bridgehead atoms. The largest absolute Gasteiger partial charge is 0.383 e. The lowest BCUT2D eigenvalue weighted by Crippen LogP contribution is -2.40. The smallest absolute Gasteiger partial charge is 0.254 e. The van der Waals surface area contributed by atoms with Gasteiger partial charge in [0.15, 0.2) is 0 Å². The number of hydrogen-bond acceptors (Lipinski definition) is 4. The second-order valence-electron chi connectivity index (χ2n) is 7.51. The maximum Gasteiger partial charge on any atom is 0.254 e. The number of rotatable bonds is 3. The molecule has 154 valence electrons. The summed E-state index contributed by atoms with van der Waals surface area (Å²) in [6, 6.07) is 8.77. The highest BCUT2D eigenvalue weighted by Gasteiger charge is 2.26. The zero-order chi connectivity index (χ0) is 20.8. The number of piperidine rings is 1. The van der Waals surface area contributed by atoms with E-state index in [1.54, 1.807) is 20.7 Å². The van der Waals surface area contributed by atoms with Crippen LogP contribution in [0, 0.1) is 0 Å². The number of carbonyl (C=O) groups excluding carboxylic acids is 2. The topological polar surface area (TPSA) is 107 Å². The van der Waals surface area contributed by atoms with E-state index in [4.69, 9.17) is 11.5 Å². The Balaban J connectivity index is 0.000000200. The van der Waals surface area contributed by atoms with Gasteiger partial charge in [0.2, 0.25) is 5.91 Å². The monoisotopic (exact) mass is 395 g/mol. The van der Waals surface area contributed by atoms with E-state index in [-0.39, 0.29) is 23.3 Å². The molecule has 2 amide bonds. The first-order valence-corrected chi connectivity index (χ1v) is 10.1. The van der Waals surface area contributed by atoms with Gasteiger partial charge in [0.1, 0.15) is 11.4 Å². The van der Waals surface area contributed by atoms with Crippen LogP contribution in [0.4, 0.5) is 5.82 Å². The van der Waals surface area contributed by atoms with Crippen molar-refractivity contribution in [3.05, 3.63) is 59.8 Å². The van der Waals surface area contributed by atoms with Gasteiger partial charge in [-0.05, 0) is 55.7 Å². The fourth-order valence-corrected chi connectivity index (χ4v) is 4.01. The molecule has 1 aliphatic carbocycles. The number of aromatic nitrogens is 2. The molecule has 29 heavy (non-hydrogen) atoms. The zero-order valence-electron chi connectivity index (χ0n) is 16.7. The van der Waals surface area contributed by atoms with Gasteiger partial charge in [-0.2, -0.15) is 5.10 Å². The molecule has 7 heteroatoms. The van der Waals surface area contributed by atoms with Crippen LogP contribution in [0.3, 0.4) is 0 Å². The first kappa shape index (κ1) is 20.6. The molecule has 2 heterocycles. The third-order valence-electron chi connectivity index (χ3n) is 5.59. The van der Waals surface area contributed by atoms with Crippen molar-refractivity contribution in [1.82, 2.24) is 14.7 Å². The lowest BCUT2D eigenvalue weighted by Gasteiger charge is -2.32. The van der Waals surface area contributed by atoms with Gasteiger partial charge in [-0.15, -0.1) is 0 Å². The summed E-state index contributed by atoms with van der Waals surface area (Å²) < 4.78 is 1.57. The normalized spacial score (nSPS) is 18.2. The van der Waals surface area contributed by atoms with E-state index in [9.17, 15) is 9.59 Å². The lowest BCUT2D eigenvalue weighted by molar-refractivity contribution is -0.127. The lowest BCUT2D eigenvalue weighted by atomic mass is 9.92. The number of nitrogens with two attached hydrogens (primary N) is 2. The van der Waals surface area contributed by atoms with E-state index in [0.29, 0.717) is 13.1 Å². The van der Waals surface area contributed by atoms with Crippen molar-refractivity contribution >= 4 is 17.6 Å². The summed E-state index contributed by atoms with van der Waals surface area (Å²) in [5, 5.41) is 4.11. The SMILES string of the molecule is C=CC(=O)N1CCCC(n2ncc(C(N)=O)c2N)C1.c1ccc2c(c1)CCCC2. The fraction of sp³-hybridized carbons (Fsp3) is 0.409. The summed E-state index contributed by atoms with van der Waals surface area (Å²) in [5.74, 6) is -0.450. The second kappa shape index (κ2) is 9.41. The number of nitrogen functional groups attached to an aromatic ring is 1.